The first kappa shape index (κ1) is 17.7. The van der Waals surface area contributed by atoms with Crippen LogP contribution in [0.5, 0.6) is 17.2 Å². The summed E-state index contributed by atoms with van der Waals surface area (Å²) >= 11 is 0. The van der Waals surface area contributed by atoms with Crippen molar-refractivity contribution in [1.29, 1.82) is 0 Å². The molecule has 144 valence electrons. The number of methoxy groups -OCH3 is 1. The van der Waals surface area contributed by atoms with Crippen LogP contribution in [0.25, 0.3) is 0 Å². The van der Waals surface area contributed by atoms with Gasteiger partial charge in [0.25, 0.3) is 5.91 Å². The van der Waals surface area contributed by atoms with Crippen molar-refractivity contribution in [3.05, 3.63) is 35.2 Å². The maximum absolute atomic E-state index is 11.5. The molecule has 4 rings (SSSR count). The SMILES string of the molecule is COc1cc(CNC[C@@H]2CCn3ncc(C(N)=O)c3C2)cc2c1OCCO2. The van der Waals surface area contributed by atoms with Gasteiger partial charge in [-0.15, -0.1) is 0 Å². The Labute approximate surface area is 157 Å². The lowest BCUT2D eigenvalue weighted by atomic mass is 9.94. The molecular formula is C19H24N4O4. The second-order valence-electron chi connectivity index (χ2n) is 6.90. The van der Waals surface area contributed by atoms with Crippen molar-refractivity contribution in [3.8, 4) is 17.2 Å². The van der Waals surface area contributed by atoms with Crippen molar-refractivity contribution in [3.63, 3.8) is 0 Å². The number of carbonyl (C=O) groups is 1. The summed E-state index contributed by atoms with van der Waals surface area (Å²) in [7, 11) is 1.63. The fourth-order valence-electron chi connectivity index (χ4n) is 3.73. The van der Waals surface area contributed by atoms with Crippen molar-refractivity contribution in [2.24, 2.45) is 11.7 Å². The average molecular weight is 372 g/mol. The van der Waals surface area contributed by atoms with Gasteiger partial charge in [-0.1, -0.05) is 0 Å². The lowest BCUT2D eigenvalue weighted by molar-refractivity contribution is 0.0998. The number of hydrogen-bond acceptors (Lipinski definition) is 6. The van der Waals surface area contributed by atoms with Crippen molar-refractivity contribution in [2.45, 2.75) is 25.9 Å². The van der Waals surface area contributed by atoms with Gasteiger partial charge in [-0.25, -0.2) is 0 Å². The van der Waals surface area contributed by atoms with E-state index in [4.69, 9.17) is 19.9 Å². The van der Waals surface area contributed by atoms with E-state index in [-0.39, 0.29) is 0 Å². The molecule has 0 spiro atoms. The molecule has 0 unspecified atom stereocenters. The van der Waals surface area contributed by atoms with E-state index in [1.54, 1.807) is 13.3 Å². The molecule has 1 aromatic carbocycles. The molecule has 1 aromatic heterocycles. The van der Waals surface area contributed by atoms with Crippen LogP contribution in [-0.2, 0) is 19.5 Å². The minimum atomic E-state index is -0.409. The zero-order valence-corrected chi connectivity index (χ0v) is 15.4. The van der Waals surface area contributed by atoms with E-state index in [1.165, 1.54) is 0 Å². The maximum atomic E-state index is 11.5. The Bertz CT molecular complexity index is 831. The molecule has 8 nitrogen and oxygen atoms in total. The van der Waals surface area contributed by atoms with Crippen LogP contribution in [0.15, 0.2) is 18.3 Å². The third-order valence-electron chi connectivity index (χ3n) is 5.10. The summed E-state index contributed by atoms with van der Waals surface area (Å²) in [5.41, 5.74) is 8.01. The van der Waals surface area contributed by atoms with Gasteiger partial charge in [-0.3, -0.25) is 9.48 Å². The van der Waals surface area contributed by atoms with Crippen LogP contribution < -0.4 is 25.3 Å². The summed E-state index contributed by atoms with van der Waals surface area (Å²) in [6.07, 6.45) is 3.40. The number of aromatic nitrogens is 2. The fraction of sp³-hybridized carbons (Fsp3) is 0.474. The molecule has 0 aliphatic carbocycles. The number of benzene rings is 1. The molecule has 2 aromatic rings. The highest BCUT2D eigenvalue weighted by atomic mass is 16.6. The van der Waals surface area contributed by atoms with Crippen LogP contribution in [0, 0.1) is 5.92 Å². The molecule has 27 heavy (non-hydrogen) atoms. The molecule has 0 saturated carbocycles. The molecule has 8 heteroatoms. The van der Waals surface area contributed by atoms with Gasteiger partial charge in [0.15, 0.2) is 11.5 Å². The van der Waals surface area contributed by atoms with E-state index in [1.807, 2.05) is 16.8 Å². The van der Waals surface area contributed by atoms with Crippen LogP contribution in [0.1, 0.15) is 28.0 Å². The van der Waals surface area contributed by atoms with Crippen molar-refractivity contribution in [1.82, 2.24) is 15.1 Å². The zero-order chi connectivity index (χ0) is 18.8. The number of fused-ring (bicyclic) bond motifs is 2. The first-order valence-corrected chi connectivity index (χ1v) is 9.17. The Balaban J connectivity index is 1.38. The van der Waals surface area contributed by atoms with Crippen LogP contribution in [-0.4, -0.2) is 42.6 Å². The molecule has 3 N–H and O–H groups in total. The number of carbonyl (C=O) groups excluding carboxylic acids is 1. The summed E-state index contributed by atoms with van der Waals surface area (Å²) in [5.74, 6) is 2.12. The number of primary amides is 1. The molecule has 1 amide bonds. The van der Waals surface area contributed by atoms with Gasteiger partial charge < -0.3 is 25.3 Å². The van der Waals surface area contributed by atoms with Crippen LogP contribution in [0.2, 0.25) is 0 Å². The van der Waals surface area contributed by atoms with E-state index in [9.17, 15) is 4.79 Å². The molecule has 0 radical (unpaired) electrons. The number of amides is 1. The highest BCUT2D eigenvalue weighted by Crippen LogP contribution is 2.40. The lowest BCUT2D eigenvalue weighted by Gasteiger charge is -2.24. The summed E-state index contributed by atoms with van der Waals surface area (Å²) in [6, 6.07) is 3.97. The molecule has 2 aliphatic heterocycles. The summed E-state index contributed by atoms with van der Waals surface area (Å²) in [5, 5.41) is 7.76. The number of ether oxygens (including phenoxy) is 3. The van der Waals surface area contributed by atoms with Gasteiger partial charge >= 0.3 is 0 Å². The second-order valence-corrected chi connectivity index (χ2v) is 6.90. The smallest absolute Gasteiger partial charge is 0.252 e. The van der Waals surface area contributed by atoms with Crippen LogP contribution >= 0.6 is 0 Å². The Hall–Kier alpha value is -2.74. The predicted molar refractivity (Wildman–Crippen MR) is 98.2 cm³/mol. The Kier molecular flexibility index (Phi) is 4.89. The minimum absolute atomic E-state index is 0.409. The Morgan fingerprint density at radius 2 is 2.26 bits per heavy atom. The van der Waals surface area contributed by atoms with Gasteiger partial charge in [0.1, 0.15) is 13.2 Å². The first-order valence-electron chi connectivity index (χ1n) is 9.17. The third-order valence-corrected chi connectivity index (χ3v) is 5.10. The van der Waals surface area contributed by atoms with Gasteiger partial charge in [0.2, 0.25) is 5.75 Å². The number of rotatable bonds is 6. The molecule has 2 aliphatic rings. The normalized spacial score (nSPS) is 18.0. The summed E-state index contributed by atoms with van der Waals surface area (Å²) in [4.78, 5) is 11.5. The minimum Gasteiger partial charge on any atom is -0.493 e. The maximum Gasteiger partial charge on any atom is 0.252 e. The number of aryl methyl sites for hydroxylation is 1. The van der Waals surface area contributed by atoms with Gasteiger partial charge in [0.05, 0.1) is 24.6 Å². The highest BCUT2D eigenvalue weighted by molar-refractivity contribution is 5.93. The number of nitrogens with one attached hydrogen (secondary N) is 1. The van der Waals surface area contributed by atoms with Gasteiger partial charge in [-0.2, -0.15) is 5.10 Å². The predicted octanol–water partition coefficient (Wildman–Crippen LogP) is 1.11. The molecular weight excluding hydrogens is 348 g/mol. The standard InChI is InChI=1S/C19H24N4O4/c1-25-16-7-13(8-17-18(16)27-5-4-26-17)10-21-9-12-2-3-23-15(6-12)14(11-22-23)19(20)24/h7-8,11-12,21H,2-6,9-10H2,1H3,(H2,20,24)/t12-/m1/s1. The number of hydrogen-bond donors (Lipinski definition) is 2. The van der Waals surface area contributed by atoms with Crippen LogP contribution in [0.3, 0.4) is 0 Å². The first-order chi connectivity index (χ1) is 13.2. The molecule has 0 fully saturated rings. The van der Waals surface area contributed by atoms with Gasteiger partial charge in [0, 0.05) is 13.1 Å². The summed E-state index contributed by atoms with van der Waals surface area (Å²) in [6.45, 7) is 3.44. The summed E-state index contributed by atoms with van der Waals surface area (Å²) < 4.78 is 18.6. The quantitative estimate of drug-likeness (QED) is 0.788. The van der Waals surface area contributed by atoms with Crippen molar-refractivity contribution >= 4 is 5.91 Å². The third kappa shape index (κ3) is 3.57. The Morgan fingerprint density at radius 1 is 1.41 bits per heavy atom. The second kappa shape index (κ2) is 7.48. The van der Waals surface area contributed by atoms with E-state index in [0.29, 0.717) is 42.7 Å². The number of nitrogens with two attached hydrogens (primary N) is 1. The topological polar surface area (TPSA) is 101 Å². The van der Waals surface area contributed by atoms with Crippen LogP contribution in [0.4, 0.5) is 0 Å². The highest BCUT2D eigenvalue weighted by Gasteiger charge is 2.24. The fourth-order valence-corrected chi connectivity index (χ4v) is 3.73. The number of nitrogens with zero attached hydrogens (tertiary/aromatic N) is 2. The zero-order valence-electron chi connectivity index (χ0n) is 15.4. The van der Waals surface area contributed by atoms with E-state index < -0.39 is 5.91 Å². The molecule has 3 heterocycles. The van der Waals surface area contributed by atoms with Crippen molar-refractivity contribution in [2.75, 3.05) is 26.9 Å². The average Bonchev–Trinajstić information content (AvgIpc) is 3.11. The van der Waals surface area contributed by atoms with Gasteiger partial charge in [-0.05, 0) is 43.0 Å². The molecule has 0 saturated heterocycles. The Morgan fingerprint density at radius 3 is 3.07 bits per heavy atom. The largest absolute Gasteiger partial charge is 0.493 e. The van der Waals surface area contributed by atoms with E-state index >= 15 is 0 Å². The molecule has 1 atom stereocenters. The monoisotopic (exact) mass is 372 g/mol. The molecule has 0 bridgehead atoms. The van der Waals surface area contributed by atoms with E-state index in [2.05, 4.69) is 10.4 Å². The van der Waals surface area contributed by atoms with E-state index in [0.717, 1.165) is 42.9 Å². The van der Waals surface area contributed by atoms with Crippen molar-refractivity contribution < 1.29 is 19.0 Å². The lowest BCUT2D eigenvalue weighted by Crippen LogP contribution is -2.30.